The number of methoxy groups -OCH3 is 2. The molecule has 4 N–H and O–H groups in total. The molecule has 3 fully saturated rings. The van der Waals surface area contributed by atoms with Crippen LogP contribution in [0.3, 0.4) is 0 Å². The number of likely N-dealkylation sites (tertiary alicyclic amines) is 2. The van der Waals surface area contributed by atoms with Gasteiger partial charge in [0, 0.05) is 48.4 Å². The lowest BCUT2D eigenvalue weighted by molar-refractivity contribution is -0.138. The number of benzene rings is 3. The van der Waals surface area contributed by atoms with Crippen LogP contribution < -0.4 is 20.1 Å². The molecular formula is C54H59F2N9O9. The molecule has 5 atom stereocenters. The first-order valence-electron chi connectivity index (χ1n) is 25.4. The fourth-order valence-corrected chi connectivity index (χ4v) is 11.4. The molecule has 0 aliphatic carbocycles. The molecule has 0 saturated carbocycles. The standard InChI is InChI=1S/C54H59F2N9O9/c1-54(2,56)46(62-53(69)71-4)50(67)64-18-6-10-40(64)48-58-28-37(60-48)33-23-35(55)44-41-24-34-22-31(13-14-38(34)65(41)51(74-43(44)26-33)32-12-11-29-8-7-19-73-42(29)25-32)36-27-57-47(59-36)39-9-5-17-63(39)49(66)45(61-52(68)70-3)30-15-20-72-21-16-30/h11-14,22-28,30,39-40,45-46,51H,5-10,15-21H2,1-4H3,(H,57,59)(H,58,60)(H,61,68)(H,62,69)/t39-,40-,45?,46?,51?/m0/s1. The molecule has 3 unspecified atom stereocenters. The van der Waals surface area contributed by atoms with Gasteiger partial charge < -0.3 is 58.7 Å². The van der Waals surface area contributed by atoms with Crippen LogP contribution >= 0.6 is 0 Å². The van der Waals surface area contributed by atoms with E-state index < -0.39 is 53.9 Å². The van der Waals surface area contributed by atoms with Crippen LogP contribution in [0.25, 0.3) is 44.7 Å². The monoisotopic (exact) mass is 1020 g/mol. The van der Waals surface area contributed by atoms with Gasteiger partial charge in [0.1, 0.15) is 46.7 Å². The minimum atomic E-state index is -2.10. The molecule has 5 aliphatic rings. The molecule has 0 spiro atoms. The van der Waals surface area contributed by atoms with Crippen molar-refractivity contribution in [3.05, 3.63) is 95.6 Å². The fraction of sp³-hybridized carbons (Fsp3) is 0.444. The maximum atomic E-state index is 17.1. The Morgan fingerprint density at radius 2 is 1.45 bits per heavy atom. The topological polar surface area (TPSA) is 207 Å². The third-order valence-electron chi connectivity index (χ3n) is 15.2. The van der Waals surface area contributed by atoms with E-state index >= 15 is 8.78 Å². The summed E-state index contributed by atoms with van der Waals surface area (Å²) in [6.07, 6.45) is 6.78. The number of H-pyrrole nitrogens is 2. The zero-order valence-corrected chi connectivity index (χ0v) is 41.7. The quantitative estimate of drug-likeness (QED) is 0.0969. The van der Waals surface area contributed by atoms with E-state index in [0.29, 0.717) is 99.4 Å². The summed E-state index contributed by atoms with van der Waals surface area (Å²) >= 11 is 0. The van der Waals surface area contributed by atoms with E-state index in [1.807, 2.05) is 45.9 Å². The number of ether oxygens (including phenoxy) is 5. The average molecular weight is 1020 g/mol. The van der Waals surface area contributed by atoms with Crippen LogP contribution in [0.2, 0.25) is 0 Å². The van der Waals surface area contributed by atoms with Crippen LogP contribution in [0, 0.1) is 11.7 Å². The van der Waals surface area contributed by atoms with Crippen LogP contribution in [0.15, 0.2) is 67.0 Å². The summed E-state index contributed by atoms with van der Waals surface area (Å²) < 4.78 is 62.6. The second-order valence-corrected chi connectivity index (χ2v) is 20.2. The molecule has 3 aromatic carbocycles. The lowest BCUT2D eigenvalue weighted by Crippen LogP contribution is -2.56. The Balaban J connectivity index is 0.912. The first kappa shape index (κ1) is 48.8. The number of fused-ring (bicyclic) bond motifs is 6. The molecule has 5 aliphatic heterocycles. The van der Waals surface area contributed by atoms with E-state index in [1.54, 1.807) is 18.5 Å². The zero-order chi connectivity index (χ0) is 51.4. The molecule has 388 valence electrons. The molecule has 74 heavy (non-hydrogen) atoms. The van der Waals surface area contributed by atoms with Gasteiger partial charge in [0.2, 0.25) is 18.0 Å². The average Bonchev–Trinajstić information content (AvgIpc) is 4.29. The Kier molecular flexibility index (Phi) is 13.0. The fourth-order valence-electron chi connectivity index (χ4n) is 11.4. The summed E-state index contributed by atoms with van der Waals surface area (Å²) in [5.41, 5.74) is 4.02. The number of hydrogen-bond acceptors (Lipinski definition) is 11. The minimum absolute atomic E-state index is 0.0903. The number of imidazole rings is 2. The van der Waals surface area contributed by atoms with Crippen LogP contribution in [-0.4, -0.2) is 123 Å². The van der Waals surface area contributed by atoms with Crippen molar-refractivity contribution in [1.29, 1.82) is 0 Å². The van der Waals surface area contributed by atoms with Gasteiger partial charge in [0.15, 0.2) is 0 Å². The van der Waals surface area contributed by atoms with Gasteiger partial charge in [-0.25, -0.2) is 28.3 Å². The van der Waals surface area contributed by atoms with Crippen LogP contribution in [0.4, 0.5) is 18.4 Å². The van der Waals surface area contributed by atoms with Crippen LogP contribution in [0.5, 0.6) is 11.5 Å². The molecule has 18 nitrogen and oxygen atoms in total. The SMILES string of the molecule is COC(=O)NC(C(=O)N1CCC[C@H]1c1ncc(-c2ccc3c(c2)cc2n3C(c3ccc4c(c3)OCCC4)Oc3cc(-c4cnc([C@@H]5CCCN5C(=O)C(NC(=O)OC)C(C)(C)F)[nH]4)cc(F)c3-2)[nH]1)C1CCOCC1. The number of alkyl carbamates (subject to hydrolysis) is 2. The predicted octanol–water partition coefficient (Wildman–Crippen LogP) is 8.44. The first-order chi connectivity index (χ1) is 35.8. The van der Waals surface area contributed by atoms with Gasteiger partial charge in [0.25, 0.3) is 0 Å². The lowest BCUT2D eigenvalue weighted by Gasteiger charge is -2.34. The molecule has 4 amide bonds. The van der Waals surface area contributed by atoms with E-state index in [9.17, 15) is 19.2 Å². The predicted molar refractivity (Wildman–Crippen MR) is 266 cm³/mol. The largest absolute Gasteiger partial charge is 0.493 e. The molecule has 11 rings (SSSR count). The van der Waals surface area contributed by atoms with Crippen LogP contribution in [0.1, 0.15) is 99.9 Å². The molecule has 8 heterocycles. The number of nitrogens with one attached hydrogen (secondary N) is 4. The van der Waals surface area contributed by atoms with E-state index in [2.05, 4.69) is 36.4 Å². The van der Waals surface area contributed by atoms with E-state index in [-0.39, 0.29) is 23.4 Å². The van der Waals surface area contributed by atoms with Gasteiger partial charge in [0.05, 0.1) is 73.5 Å². The number of nitrogens with zero attached hydrogens (tertiary/aromatic N) is 5. The maximum Gasteiger partial charge on any atom is 0.407 e. The van der Waals surface area contributed by atoms with Crippen molar-refractivity contribution in [1.82, 2.24) is 44.9 Å². The van der Waals surface area contributed by atoms with Crippen LogP contribution in [-0.2, 0) is 30.2 Å². The van der Waals surface area contributed by atoms with Gasteiger partial charge in [-0.15, -0.1) is 0 Å². The minimum Gasteiger partial charge on any atom is -0.493 e. The smallest absolute Gasteiger partial charge is 0.407 e. The molecule has 20 heteroatoms. The molecule has 3 saturated heterocycles. The summed E-state index contributed by atoms with van der Waals surface area (Å²) in [6, 6.07) is 14.1. The van der Waals surface area contributed by atoms with Gasteiger partial charge in [-0.2, -0.15) is 0 Å². The van der Waals surface area contributed by atoms with Crippen molar-refractivity contribution in [2.75, 3.05) is 47.1 Å². The van der Waals surface area contributed by atoms with Gasteiger partial charge in [-0.05, 0) is 113 Å². The van der Waals surface area contributed by atoms with Crippen molar-refractivity contribution in [2.45, 2.75) is 101 Å². The van der Waals surface area contributed by atoms with Gasteiger partial charge in [-0.3, -0.25) is 9.59 Å². The first-order valence-corrected chi connectivity index (χ1v) is 25.4. The van der Waals surface area contributed by atoms with Gasteiger partial charge in [-0.1, -0.05) is 18.2 Å². The number of aromatic amines is 2. The molecule has 6 aromatic rings. The number of carbonyl (C=O) groups is 4. The normalized spacial score (nSPS) is 20.4. The molecule has 3 aromatic heterocycles. The van der Waals surface area contributed by atoms with E-state index in [0.717, 1.165) is 65.4 Å². The Morgan fingerprint density at radius 3 is 2.14 bits per heavy atom. The number of aromatic nitrogens is 5. The summed E-state index contributed by atoms with van der Waals surface area (Å²) in [5.74, 6) is 0.772. The highest BCUT2D eigenvalue weighted by Gasteiger charge is 2.44. The number of hydrogen-bond donors (Lipinski definition) is 4. The Morgan fingerprint density at radius 1 is 0.770 bits per heavy atom. The lowest BCUT2D eigenvalue weighted by atomic mass is 9.90. The Bertz CT molecular complexity index is 3140. The summed E-state index contributed by atoms with van der Waals surface area (Å²) in [4.78, 5) is 72.2. The second kappa shape index (κ2) is 19.7. The second-order valence-electron chi connectivity index (χ2n) is 20.2. The summed E-state index contributed by atoms with van der Waals surface area (Å²) in [5, 5.41) is 6.00. The highest BCUT2D eigenvalue weighted by molar-refractivity contribution is 5.93. The number of halogens is 2. The third-order valence-corrected chi connectivity index (χ3v) is 15.2. The Labute approximate surface area is 425 Å². The number of aryl methyl sites for hydroxylation is 1. The number of alkyl halides is 1. The van der Waals surface area contributed by atoms with E-state index in [1.165, 1.54) is 31.9 Å². The molecule has 0 bridgehead atoms. The number of carbonyl (C=O) groups excluding carboxylic acids is 4. The zero-order valence-electron chi connectivity index (χ0n) is 41.7. The summed E-state index contributed by atoms with van der Waals surface area (Å²) in [7, 11) is 2.43. The highest BCUT2D eigenvalue weighted by atomic mass is 19.1. The van der Waals surface area contributed by atoms with Crippen molar-refractivity contribution in [3.63, 3.8) is 0 Å². The highest BCUT2D eigenvalue weighted by Crippen LogP contribution is 2.48. The Hall–Kier alpha value is -7.48. The maximum absolute atomic E-state index is 17.1. The van der Waals surface area contributed by atoms with E-state index in [4.69, 9.17) is 23.9 Å². The third kappa shape index (κ3) is 9.06. The number of rotatable bonds is 11. The van der Waals surface area contributed by atoms with Crippen molar-refractivity contribution in [2.24, 2.45) is 5.92 Å². The van der Waals surface area contributed by atoms with Crippen molar-refractivity contribution >= 4 is 34.9 Å². The molecule has 0 radical (unpaired) electrons. The van der Waals surface area contributed by atoms with Gasteiger partial charge >= 0.3 is 12.2 Å². The summed E-state index contributed by atoms with van der Waals surface area (Å²) in [6.45, 7) is 4.93. The van der Waals surface area contributed by atoms with Crippen molar-refractivity contribution in [3.8, 4) is 45.3 Å². The van der Waals surface area contributed by atoms with Crippen molar-refractivity contribution < 1.29 is 51.6 Å². The number of amides is 4. The molecular weight excluding hydrogens is 957 g/mol.